The summed E-state index contributed by atoms with van der Waals surface area (Å²) in [4.78, 5) is 40.5. The molecule has 1 spiro atoms. The Labute approximate surface area is 136 Å². The van der Waals surface area contributed by atoms with E-state index in [4.69, 9.17) is 0 Å². The van der Waals surface area contributed by atoms with E-state index < -0.39 is 16.9 Å². The van der Waals surface area contributed by atoms with Crippen molar-refractivity contribution >= 4 is 17.8 Å². The van der Waals surface area contributed by atoms with Crippen LogP contribution in [0, 0.1) is 10.8 Å². The second-order valence-electron chi connectivity index (χ2n) is 6.95. The molecule has 122 valence electrons. The number of benzene rings is 1. The zero-order valence-corrected chi connectivity index (χ0v) is 14.0. The largest absolute Gasteiger partial charge is 0.332 e. The molecule has 1 aromatic rings. The molecule has 0 saturated carbocycles. The van der Waals surface area contributed by atoms with Crippen LogP contribution >= 0.6 is 0 Å². The summed E-state index contributed by atoms with van der Waals surface area (Å²) >= 11 is 0. The van der Waals surface area contributed by atoms with Crippen molar-refractivity contribution in [1.29, 1.82) is 0 Å². The minimum Gasteiger partial charge on any atom is -0.273 e. The van der Waals surface area contributed by atoms with Crippen LogP contribution in [-0.2, 0) is 22.4 Å². The number of hydrogen-bond acceptors (Lipinski definition) is 3. The van der Waals surface area contributed by atoms with Crippen molar-refractivity contribution in [1.82, 2.24) is 9.80 Å². The first-order valence-electron chi connectivity index (χ1n) is 7.95. The van der Waals surface area contributed by atoms with Crippen molar-refractivity contribution in [3.8, 4) is 0 Å². The first-order valence-corrected chi connectivity index (χ1v) is 7.95. The number of urea groups is 1. The van der Waals surface area contributed by atoms with Gasteiger partial charge in [-0.1, -0.05) is 38.1 Å². The molecule has 1 fully saturated rings. The molecule has 1 heterocycles. The third-order valence-corrected chi connectivity index (χ3v) is 5.88. The zero-order chi connectivity index (χ0) is 17.0. The van der Waals surface area contributed by atoms with E-state index in [1.807, 2.05) is 32.0 Å². The highest BCUT2D eigenvalue weighted by Gasteiger charge is 2.65. The molecule has 1 aliphatic heterocycles. The average molecular weight is 314 g/mol. The fraction of sp³-hybridized carbons (Fsp3) is 0.500. The van der Waals surface area contributed by atoms with E-state index in [2.05, 4.69) is 6.07 Å². The number of nitrogens with zero attached hydrogens (tertiary/aromatic N) is 2. The maximum absolute atomic E-state index is 13.1. The third kappa shape index (κ3) is 1.82. The minimum absolute atomic E-state index is 0.354. The summed E-state index contributed by atoms with van der Waals surface area (Å²) in [7, 11) is 2.93. The molecule has 0 radical (unpaired) electrons. The Balaban J connectivity index is 2.24. The fourth-order valence-electron chi connectivity index (χ4n) is 4.13. The van der Waals surface area contributed by atoms with Crippen molar-refractivity contribution in [2.75, 3.05) is 14.1 Å². The highest BCUT2D eigenvalue weighted by molar-refractivity contribution is 6.19. The Kier molecular flexibility index (Phi) is 3.36. The van der Waals surface area contributed by atoms with E-state index in [-0.39, 0.29) is 11.8 Å². The Morgan fingerprint density at radius 1 is 0.957 bits per heavy atom. The van der Waals surface area contributed by atoms with Gasteiger partial charge in [-0.05, 0) is 35.8 Å². The molecule has 0 bridgehead atoms. The first-order chi connectivity index (χ1) is 10.8. The van der Waals surface area contributed by atoms with Gasteiger partial charge in [0.25, 0.3) is 0 Å². The molecule has 1 unspecified atom stereocenters. The smallest absolute Gasteiger partial charge is 0.273 e. The van der Waals surface area contributed by atoms with Crippen molar-refractivity contribution in [3.63, 3.8) is 0 Å². The summed E-state index contributed by atoms with van der Waals surface area (Å²) in [5.74, 6) is -0.742. The summed E-state index contributed by atoms with van der Waals surface area (Å²) in [5, 5.41) is 0. The van der Waals surface area contributed by atoms with Crippen LogP contribution in [0.2, 0.25) is 0 Å². The number of fused-ring (bicyclic) bond motifs is 1. The van der Waals surface area contributed by atoms with Gasteiger partial charge in [0.2, 0.25) is 11.8 Å². The van der Waals surface area contributed by atoms with E-state index in [0.29, 0.717) is 19.3 Å². The molecule has 5 nitrogen and oxygen atoms in total. The van der Waals surface area contributed by atoms with Crippen molar-refractivity contribution in [2.24, 2.45) is 10.8 Å². The van der Waals surface area contributed by atoms with E-state index in [1.54, 1.807) is 0 Å². The number of rotatable bonds is 1. The molecule has 1 aromatic carbocycles. The lowest BCUT2D eigenvalue weighted by molar-refractivity contribution is -0.168. The van der Waals surface area contributed by atoms with Crippen LogP contribution < -0.4 is 0 Å². The van der Waals surface area contributed by atoms with Crippen molar-refractivity contribution in [3.05, 3.63) is 35.4 Å². The van der Waals surface area contributed by atoms with E-state index >= 15 is 0 Å². The Bertz CT molecular complexity index is 688. The maximum Gasteiger partial charge on any atom is 0.332 e. The van der Waals surface area contributed by atoms with E-state index in [0.717, 1.165) is 15.4 Å². The predicted octanol–water partition coefficient (Wildman–Crippen LogP) is 2.24. The fourth-order valence-corrected chi connectivity index (χ4v) is 4.13. The second-order valence-corrected chi connectivity index (χ2v) is 6.95. The van der Waals surface area contributed by atoms with Crippen LogP contribution in [0.1, 0.15) is 31.4 Å². The van der Waals surface area contributed by atoms with E-state index in [9.17, 15) is 14.4 Å². The lowest BCUT2D eigenvalue weighted by atomic mass is 9.52. The molecule has 1 atom stereocenters. The van der Waals surface area contributed by atoms with Crippen LogP contribution in [0.4, 0.5) is 4.79 Å². The molecule has 0 N–H and O–H groups in total. The lowest BCUT2D eigenvalue weighted by Crippen LogP contribution is -2.69. The van der Waals surface area contributed by atoms with Gasteiger partial charge in [0.15, 0.2) is 0 Å². The summed E-state index contributed by atoms with van der Waals surface area (Å²) < 4.78 is 0. The average Bonchev–Trinajstić information content (AvgIpc) is 2.56. The number of hydrogen-bond donors (Lipinski definition) is 0. The minimum atomic E-state index is -1.20. The normalized spacial score (nSPS) is 26.7. The van der Waals surface area contributed by atoms with Gasteiger partial charge in [-0.2, -0.15) is 0 Å². The molecule has 1 aliphatic carbocycles. The van der Waals surface area contributed by atoms with Gasteiger partial charge in [0.1, 0.15) is 5.41 Å². The molecule has 4 amide bonds. The quantitative estimate of drug-likeness (QED) is 0.747. The summed E-state index contributed by atoms with van der Waals surface area (Å²) in [6.07, 6.45) is 1.70. The molecular formula is C18H22N2O3. The monoisotopic (exact) mass is 314 g/mol. The molecule has 0 aromatic heterocycles. The number of barbiturate groups is 1. The third-order valence-electron chi connectivity index (χ3n) is 5.88. The molecule has 1 saturated heterocycles. The van der Waals surface area contributed by atoms with Crippen LogP contribution in [0.5, 0.6) is 0 Å². The highest BCUT2D eigenvalue weighted by atomic mass is 16.2. The van der Waals surface area contributed by atoms with Crippen LogP contribution in [-0.4, -0.2) is 41.7 Å². The van der Waals surface area contributed by atoms with Crippen LogP contribution in [0.25, 0.3) is 0 Å². The number of carbonyl (C=O) groups excluding carboxylic acids is 3. The highest BCUT2D eigenvalue weighted by Crippen LogP contribution is 2.54. The van der Waals surface area contributed by atoms with Gasteiger partial charge in [0, 0.05) is 14.1 Å². The van der Waals surface area contributed by atoms with Gasteiger partial charge in [-0.15, -0.1) is 0 Å². The van der Waals surface area contributed by atoms with Crippen molar-refractivity contribution in [2.45, 2.75) is 33.1 Å². The summed E-state index contributed by atoms with van der Waals surface area (Å²) in [6.45, 7) is 4.00. The molecular weight excluding hydrogens is 292 g/mol. The Morgan fingerprint density at radius 3 is 1.91 bits per heavy atom. The Morgan fingerprint density at radius 2 is 1.43 bits per heavy atom. The number of imide groups is 2. The van der Waals surface area contributed by atoms with Crippen LogP contribution in [0.3, 0.4) is 0 Å². The summed E-state index contributed by atoms with van der Waals surface area (Å²) in [6, 6.07) is 7.40. The second kappa shape index (κ2) is 4.91. The zero-order valence-electron chi connectivity index (χ0n) is 14.0. The van der Waals surface area contributed by atoms with Gasteiger partial charge >= 0.3 is 6.03 Å². The number of amides is 4. The predicted molar refractivity (Wildman–Crippen MR) is 85.6 cm³/mol. The molecule has 5 heteroatoms. The van der Waals surface area contributed by atoms with Crippen molar-refractivity contribution < 1.29 is 14.4 Å². The summed E-state index contributed by atoms with van der Waals surface area (Å²) in [5.41, 5.74) is 0.494. The van der Waals surface area contributed by atoms with Gasteiger partial charge in [-0.25, -0.2) is 4.79 Å². The van der Waals surface area contributed by atoms with Gasteiger partial charge in [0.05, 0.1) is 0 Å². The topological polar surface area (TPSA) is 57.7 Å². The van der Waals surface area contributed by atoms with E-state index in [1.165, 1.54) is 19.7 Å². The molecule has 23 heavy (non-hydrogen) atoms. The lowest BCUT2D eigenvalue weighted by Gasteiger charge is -2.53. The first kappa shape index (κ1) is 15.7. The molecule has 2 aliphatic rings. The Hall–Kier alpha value is -2.17. The SMILES string of the molecule is CCC1(C)Cc2ccccc2CC12C(=O)N(C)C(=O)N(C)C2=O. The van der Waals surface area contributed by atoms with Crippen LogP contribution in [0.15, 0.2) is 24.3 Å². The maximum atomic E-state index is 13.1. The van der Waals surface area contributed by atoms with Gasteiger partial charge in [-0.3, -0.25) is 19.4 Å². The standard InChI is InChI=1S/C18H22N2O3/c1-5-17(2)10-12-8-6-7-9-13(12)11-18(17)14(21)19(3)16(23)20(4)15(18)22/h6-9H,5,10-11H2,1-4H3. The molecule has 3 rings (SSSR count). The number of carbonyl (C=O) groups is 3. The van der Waals surface area contributed by atoms with Gasteiger partial charge < -0.3 is 0 Å².